The number of methoxy groups -OCH3 is 1. The highest BCUT2D eigenvalue weighted by molar-refractivity contribution is 5.95. The Bertz CT molecular complexity index is 1160. The van der Waals surface area contributed by atoms with Gasteiger partial charge >= 0.3 is 0 Å². The second-order valence-electron chi connectivity index (χ2n) is 10.1. The third-order valence-electron chi connectivity index (χ3n) is 6.99. The maximum atomic E-state index is 13.5. The lowest BCUT2D eigenvalue weighted by Crippen LogP contribution is -2.59. The van der Waals surface area contributed by atoms with E-state index in [0.717, 1.165) is 16.5 Å². The van der Waals surface area contributed by atoms with Gasteiger partial charge in [0, 0.05) is 43.6 Å². The minimum atomic E-state index is -1.21. The molecule has 208 valence electrons. The van der Waals surface area contributed by atoms with E-state index in [4.69, 9.17) is 16.2 Å². The van der Waals surface area contributed by atoms with Crippen molar-refractivity contribution < 1.29 is 29.0 Å². The van der Waals surface area contributed by atoms with Crippen LogP contribution in [0.4, 0.5) is 0 Å². The summed E-state index contributed by atoms with van der Waals surface area (Å²) < 4.78 is 5.39. The van der Waals surface area contributed by atoms with Crippen molar-refractivity contribution in [3.05, 3.63) is 36.0 Å². The van der Waals surface area contributed by atoms with Crippen molar-refractivity contribution in [1.29, 1.82) is 0 Å². The number of para-hydroxylation sites is 1. The van der Waals surface area contributed by atoms with Crippen molar-refractivity contribution in [1.82, 2.24) is 20.5 Å². The molecule has 3 rings (SSSR count). The third kappa shape index (κ3) is 6.50. The highest BCUT2D eigenvalue weighted by atomic mass is 16.5. The molecule has 1 saturated heterocycles. The first kappa shape index (κ1) is 29.1. The van der Waals surface area contributed by atoms with Crippen LogP contribution in [0.2, 0.25) is 0 Å². The average Bonchev–Trinajstić information content (AvgIpc) is 3.50. The van der Waals surface area contributed by atoms with Crippen LogP contribution in [-0.4, -0.2) is 88.6 Å². The number of aromatic nitrogens is 1. The topological polar surface area (TPSA) is 193 Å². The van der Waals surface area contributed by atoms with Crippen molar-refractivity contribution >= 4 is 34.5 Å². The number of rotatable bonds is 11. The summed E-state index contributed by atoms with van der Waals surface area (Å²) in [6.45, 7) is 5.01. The Labute approximate surface area is 221 Å². The Balaban J connectivity index is 1.88. The first-order valence-electron chi connectivity index (χ1n) is 12.7. The van der Waals surface area contributed by atoms with Gasteiger partial charge in [-0.3, -0.25) is 19.2 Å². The zero-order valence-corrected chi connectivity index (χ0v) is 22.1. The van der Waals surface area contributed by atoms with Gasteiger partial charge in [0.1, 0.15) is 24.2 Å². The molecule has 1 aromatic heterocycles. The summed E-state index contributed by atoms with van der Waals surface area (Å²) in [7, 11) is 1.48. The van der Waals surface area contributed by atoms with Gasteiger partial charge in [0.15, 0.2) is 0 Å². The number of fused-ring (bicyclic) bond motifs is 1. The van der Waals surface area contributed by atoms with Crippen LogP contribution >= 0.6 is 0 Å². The summed E-state index contributed by atoms with van der Waals surface area (Å²) in [5.41, 5.74) is 13.0. The second kappa shape index (κ2) is 12.4. The Morgan fingerprint density at radius 1 is 1.18 bits per heavy atom. The van der Waals surface area contributed by atoms with Crippen LogP contribution in [0.3, 0.4) is 0 Å². The van der Waals surface area contributed by atoms with Crippen molar-refractivity contribution in [2.75, 3.05) is 13.7 Å². The van der Waals surface area contributed by atoms with Gasteiger partial charge in [0.25, 0.3) is 0 Å². The summed E-state index contributed by atoms with van der Waals surface area (Å²) in [5, 5.41) is 16.1. The van der Waals surface area contributed by atoms with Gasteiger partial charge in [-0.05, 0) is 24.5 Å². The fourth-order valence-corrected chi connectivity index (χ4v) is 4.68. The minimum absolute atomic E-state index is 0.115. The first-order valence-corrected chi connectivity index (χ1v) is 12.7. The maximum absolute atomic E-state index is 13.5. The average molecular weight is 531 g/mol. The molecule has 1 aliphatic rings. The molecule has 2 aromatic rings. The second-order valence-corrected chi connectivity index (χ2v) is 10.1. The molecule has 1 fully saturated rings. The van der Waals surface area contributed by atoms with Gasteiger partial charge in [-0.25, -0.2) is 0 Å². The van der Waals surface area contributed by atoms with Crippen LogP contribution in [0, 0.1) is 5.92 Å². The van der Waals surface area contributed by atoms with Gasteiger partial charge < -0.3 is 41.8 Å². The predicted molar refractivity (Wildman–Crippen MR) is 140 cm³/mol. The Hall–Kier alpha value is -3.48. The number of nitrogens with one attached hydrogen (secondary N) is 3. The molecule has 1 aliphatic heterocycles. The smallest absolute Gasteiger partial charge is 0.243 e. The number of hydrogen-bond acceptors (Lipinski definition) is 7. The Morgan fingerprint density at radius 2 is 1.87 bits per heavy atom. The summed E-state index contributed by atoms with van der Waals surface area (Å²) in [6, 6.07) is 3.35. The number of aliphatic hydroxyl groups excluding tert-OH is 1. The van der Waals surface area contributed by atoms with E-state index in [-0.39, 0.29) is 25.3 Å². The van der Waals surface area contributed by atoms with Crippen LogP contribution < -0.4 is 22.1 Å². The van der Waals surface area contributed by atoms with E-state index >= 15 is 0 Å². The van der Waals surface area contributed by atoms with Gasteiger partial charge in [-0.1, -0.05) is 32.0 Å². The number of aromatic amines is 1. The summed E-state index contributed by atoms with van der Waals surface area (Å²) in [4.78, 5) is 56.3. The molecule has 8 N–H and O–H groups in total. The van der Waals surface area contributed by atoms with Crippen LogP contribution in [-0.2, 0) is 30.3 Å². The number of ether oxygens (including phenoxy) is 1. The number of carbonyl (C=O) groups excluding carboxylic acids is 4. The highest BCUT2D eigenvalue weighted by Crippen LogP contribution is 2.23. The molecule has 0 bridgehead atoms. The lowest BCUT2D eigenvalue weighted by Gasteiger charge is -2.29. The lowest BCUT2D eigenvalue weighted by molar-refractivity contribution is -0.142. The molecular weight excluding hydrogens is 492 g/mol. The van der Waals surface area contributed by atoms with E-state index in [1.807, 2.05) is 24.3 Å². The molecule has 0 saturated carbocycles. The Kier molecular flexibility index (Phi) is 9.47. The standard InChI is InChI=1S/C26H38N6O6/c1-13(2)22(23(28)34)31-24(35)19(9-15-11-29-18-8-6-5-7-17(15)18)30-25(36)20-10-16(38-4)12-32(20)26(37)21(27)14(3)33/h5-8,11,13-14,16,19-22,29,33H,9-10,12,27H2,1-4H3,(H2,28,34)(H,30,36)(H,31,35)/t14-,16?,19+,20+,21+,22?/m1/s1. The van der Waals surface area contributed by atoms with E-state index in [0.29, 0.717) is 0 Å². The molecule has 6 atom stereocenters. The van der Waals surface area contributed by atoms with E-state index in [2.05, 4.69) is 15.6 Å². The summed E-state index contributed by atoms with van der Waals surface area (Å²) in [5.74, 6) is -2.70. The van der Waals surface area contributed by atoms with E-state index in [9.17, 15) is 24.3 Å². The van der Waals surface area contributed by atoms with Crippen LogP contribution in [0.5, 0.6) is 0 Å². The number of amides is 4. The number of carbonyl (C=O) groups is 4. The molecule has 4 amide bonds. The number of H-pyrrole nitrogens is 1. The molecule has 1 aromatic carbocycles. The van der Waals surface area contributed by atoms with Gasteiger partial charge in [0.05, 0.1) is 12.2 Å². The zero-order chi connectivity index (χ0) is 28.1. The van der Waals surface area contributed by atoms with Crippen molar-refractivity contribution in [2.24, 2.45) is 17.4 Å². The van der Waals surface area contributed by atoms with Crippen LogP contribution in [0.1, 0.15) is 32.8 Å². The fourth-order valence-electron chi connectivity index (χ4n) is 4.68. The Morgan fingerprint density at radius 3 is 2.47 bits per heavy atom. The molecule has 38 heavy (non-hydrogen) atoms. The molecule has 0 spiro atoms. The molecular formula is C26H38N6O6. The SMILES string of the molecule is COC1C[C@@H](C(=O)N[C@@H](Cc2c[nH]c3ccccc23)C(=O)NC(C(N)=O)C(C)C)N(C(=O)[C@@H](N)[C@@H](C)O)C1. The molecule has 2 heterocycles. The minimum Gasteiger partial charge on any atom is -0.391 e. The fraction of sp³-hybridized carbons (Fsp3) is 0.538. The molecule has 0 aliphatic carbocycles. The summed E-state index contributed by atoms with van der Waals surface area (Å²) >= 11 is 0. The number of hydrogen-bond donors (Lipinski definition) is 6. The van der Waals surface area contributed by atoms with E-state index < -0.39 is 60.0 Å². The zero-order valence-electron chi connectivity index (χ0n) is 22.1. The number of primary amides is 1. The lowest BCUT2D eigenvalue weighted by atomic mass is 10.0. The van der Waals surface area contributed by atoms with E-state index in [1.165, 1.54) is 18.9 Å². The van der Waals surface area contributed by atoms with Crippen LogP contribution in [0.15, 0.2) is 30.5 Å². The van der Waals surface area contributed by atoms with Gasteiger partial charge in [-0.15, -0.1) is 0 Å². The molecule has 12 nitrogen and oxygen atoms in total. The van der Waals surface area contributed by atoms with Gasteiger partial charge in [0.2, 0.25) is 23.6 Å². The highest BCUT2D eigenvalue weighted by Gasteiger charge is 2.43. The molecule has 2 unspecified atom stereocenters. The van der Waals surface area contributed by atoms with Crippen molar-refractivity contribution in [3.8, 4) is 0 Å². The van der Waals surface area contributed by atoms with Crippen molar-refractivity contribution in [2.45, 2.75) is 70.0 Å². The monoisotopic (exact) mass is 530 g/mol. The van der Waals surface area contributed by atoms with Gasteiger partial charge in [-0.2, -0.15) is 0 Å². The maximum Gasteiger partial charge on any atom is 0.243 e. The number of nitrogens with zero attached hydrogens (tertiary/aromatic N) is 1. The number of likely N-dealkylation sites (tertiary alicyclic amines) is 1. The number of nitrogens with two attached hydrogens (primary N) is 2. The molecule has 0 radical (unpaired) electrons. The third-order valence-corrected chi connectivity index (χ3v) is 6.99. The molecule has 12 heteroatoms. The normalized spacial score (nSPS) is 20.7. The number of aliphatic hydroxyl groups is 1. The van der Waals surface area contributed by atoms with Crippen molar-refractivity contribution in [3.63, 3.8) is 0 Å². The summed E-state index contributed by atoms with van der Waals surface area (Å²) in [6.07, 6.45) is 0.538. The largest absolute Gasteiger partial charge is 0.391 e. The first-order chi connectivity index (χ1) is 17.9. The van der Waals surface area contributed by atoms with Crippen LogP contribution in [0.25, 0.3) is 10.9 Å². The quantitative estimate of drug-likeness (QED) is 0.218. The van der Waals surface area contributed by atoms with E-state index in [1.54, 1.807) is 20.0 Å². The number of benzene rings is 1. The predicted octanol–water partition coefficient (Wildman–Crippen LogP) is -0.855.